The number of anilines is 1. The summed E-state index contributed by atoms with van der Waals surface area (Å²) >= 11 is 6.48. The minimum atomic E-state index is -3.91. The number of sulfonamides is 1. The van der Waals surface area contributed by atoms with Crippen LogP contribution in [0.5, 0.6) is 5.75 Å². The van der Waals surface area contributed by atoms with Crippen molar-refractivity contribution in [1.29, 1.82) is 0 Å². The largest absolute Gasteiger partial charge is 0.495 e. The molecule has 8 nitrogen and oxygen atoms in total. The van der Waals surface area contributed by atoms with Gasteiger partial charge in [-0.2, -0.15) is 0 Å². The van der Waals surface area contributed by atoms with Gasteiger partial charge in [0.25, 0.3) is 0 Å². The number of benzene rings is 3. The van der Waals surface area contributed by atoms with E-state index in [2.05, 4.69) is 5.32 Å². The van der Waals surface area contributed by atoms with Crippen molar-refractivity contribution in [3.8, 4) is 5.75 Å². The van der Waals surface area contributed by atoms with Crippen LogP contribution in [0, 0.1) is 0 Å². The molecule has 0 saturated carbocycles. The lowest BCUT2D eigenvalue weighted by Gasteiger charge is -2.35. The van der Waals surface area contributed by atoms with E-state index in [1.807, 2.05) is 51.1 Å². The zero-order chi connectivity index (χ0) is 29.5. The molecule has 0 fully saturated rings. The Morgan fingerprint density at radius 1 is 0.950 bits per heavy atom. The van der Waals surface area contributed by atoms with E-state index < -0.39 is 34.1 Å². The number of hydrogen-bond acceptors (Lipinski definition) is 5. The molecule has 0 aliphatic carbocycles. The van der Waals surface area contributed by atoms with E-state index in [0.29, 0.717) is 16.3 Å². The Labute approximate surface area is 241 Å². The van der Waals surface area contributed by atoms with Crippen molar-refractivity contribution in [2.24, 2.45) is 0 Å². The molecule has 0 radical (unpaired) electrons. The normalized spacial score (nSPS) is 12.3. The highest BCUT2D eigenvalue weighted by atomic mass is 35.5. The molecule has 10 heteroatoms. The zero-order valence-corrected chi connectivity index (χ0v) is 25.0. The topological polar surface area (TPSA) is 96.0 Å². The van der Waals surface area contributed by atoms with Gasteiger partial charge in [-0.15, -0.1) is 0 Å². The van der Waals surface area contributed by atoms with Crippen molar-refractivity contribution < 1.29 is 22.7 Å². The Hall–Kier alpha value is -3.56. The number of ether oxygens (including phenoxy) is 1. The Morgan fingerprint density at radius 2 is 1.55 bits per heavy atom. The quantitative estimate of drug-likeness (QED) is 0.353. The number of rotatable bonds is 11. The highest BCUT2D eigenvalue weighted by Crippen LogP contribution is 2.30. The molecule has 214 valence electrons. The van der Waals surface area contributed by atoms with Gasteiger partial charge in [0.05, 0.1) is 19.1 Å². The van der Waals surface area contributed by atoms with Crippen molar-refractivity contribution in [3.63, 3.8) is 0 Å². The summed E-state index contributed by atoms with van der Waals surface area (Å²) in [6.07, 6.45) is 1.24. The number of nitrogens with zero attached hydrogens (tertiary/aromatic N) is 2. The minimum Gasteiger partial charge on any atom is -0.495 e. The number of methoxy groups -OCH3 is 1. The molecule has 0 heterocycles. The van der Waals surface area contributed by atoms with Crippen molar-refractivity contribution in [2.75, 3.05) is 24.2 Å². The molecule has 3 aromatic rings. The average Bonchev–Trinajstić information content (AvgIpc) is 2.89. The summed E-state index contributed by atoms with van der Waals surface area (Å²) in [7, 11) is -2.49. The third-order valence-electron chi connectivity index (χ3n) is 6.10. The van der Waals surface area contributed by atoms with Gasteiger partial charge in [0.1, 0.15) is 18.3 Å². The Bertz CT molecular complexity index is 1420. The van der Waals surface area contributed by atoms with E-state index >= 15 is 0 Å². The Morgan fingerprint density at radius 3 is 2.15 bits per heavy atom. The van der Waals surface area contributed by atoms with Gasteiger partial charge < -0.3 is 15.0 Å². The Balaban J connectivity index is 2.11. The van der Waals surface area contributed by atoms with Gasteiger partial charge in [-0.3, -0.25) is 13.9 Å². The fourth-order valence-electron chi connectivity index (χ4n) is 4.25. The number of halogens is 1. The molecule has 40 heavy (non-hydrogen) atoms. The van der Waals surface area contributed by atoms with Crippen LogP contribution in [0.15, 0.2) is 78.9 Å². The smallest absolute Gasteiger partial charge is 0.244 e. The standard InChI is InChI=1S/C30H36ClN3O5S/c1-30(2,3)32-29(36)26(19-22-13-7-6-8-14-22)33(20-23-15-9-10-16-24(23)31)28(35)21-34(40(5,37)38)25-17-11-12-18-27(25)39-4/h6-18,26H,19-21H2,1-5H3,(H,32,36)/t26-/m0/s1. The van der Waals surface area contributed by atoms with E-state index in [1.165, 1.54) is 12.0 Å². The van der Waals surface area contributed by atoms with Gasteiger partial charge in [0.2, 0.25) is 21.8 Å². The monoisotopic (exact) mass is 585 g/mol. The number of hydrogen-bond donors (Lipinski definition) is 1. The minimum absolute atomic E-state index is 0.00288. The van der Waals surface area contributed by atoms with Crippen molar-refractivity contribution in [2.45, 2.75) is 45.3 Å². The molecule has 3 rings (SSSR count). The first-order valence-corrected chi connectivity index (χ1v) is 15.0. The van der Waals surface area contributed by atoms with Gasteiger partial charge in [0, 0.05) is 23.5 Å². The molecule has 0 spiro atoms. The van der Waals surface area contributed by atoms with Crippen LogP contribution < -0.4 is 14.4 Å². The zero-order valence-electron chi connectivity index (χ0n) is 23.4. The molecular weight excluding hydrogens is 550 g/mol. The first-order valence-electron chi connectivity index (χ1n) is 12.8. The third-order valence-corrected chi connectivity index (χ3v) is 7.60. The van der Waals surface area contributed by atoms with E-state index in [1.54, 1.807) is 48.5 Å². The van der Waals surface area contributed by atoms with E-state index in [9.17, 15) is 18.0 Å². The second-order valence-electron chi connectivity index (χ2n) is 10.5. The van der Waals surface area contributed by atoms with E-state index in [4.69, 9.17) is 16.3 Å². The summed E-state index contributed by atoms with van der Waals surface area (Å²) in [4.78, 5) is 29.3. The van der Waals surface area contributed by atoms with Gasteiger partial charge in [-0.05, 0) is 50.1 Å². The van der Waals surface area contributed by atoms with Crippen LogP contribution in [0.4, 0.5) is 5.69 Å². The summed E-state index contributed by atoms with van der Waals surface area (Å²) in [5, 5.41) is 3.42. The van der Waals surface area contributed by atoms with Gasteiger partial charge in [-0.1, -0.05) is 72.3 Å². The highest BCUT2D eigenvalue weighted by molar-refractivity contribution is 7.92. The van der Waals surface area contributed by atoms with Crippen LogP contribution in [-0.2, 0) is 32.6 Å². The molecular formula is C30H36ClN3O5S. The first-order chi connectivity index (χ1) is 18.8. The molecule has 2 amide bonds. The fourth-order valence-corrected chi connectivity index (χ4v) is 5.30. The van der Waals surface area contributed by atoms with Crippen molar-refractivity contribution in [3.05, 3.63) is 95.0 Å². The second kappa shape index (κ2) is 13.2. The van der Waals surface area contributed by atoms with Crippen molar-refractivity contribution >= 4 is 39.1 Å². The summed E-state index contributed by atoms with van der Waals surface area (Å²) in [6, 6.07) is 22.0. The maximum absolute atomic E-state index is 14.1. The lowest BCUT2D eigenvalue weighted by atomic mass is 10.0. The number of carbonyl (C=O) groups is 2. The molecule has 3 aromatic carbocycles. The van der Waals surface area contributed by atoms with E-state index in [-0.39, 0.29) is 24.6 Å². The van der Waals surface area contributed by atoms with Crippen LogP contribution in [0.2, 0.25) is 5.02 Å². The fraction of sp³-hybridized carbons (Fsp3) is 0.333. The number of carbonyl (C=O) groups excluding carboxylic acids is 2. The molecule has 0 saturated heterocycles. The van der Waals surface area contributed by atoms with Gasteiger partial charge >= 0.3 is 0 Å². The van der Waals surface area contributed by atoms with Crippen LogP contribution in [0.1, 0.15) is 31.9 Å². The number of nitrogens with one attached hydrogen (secondary N) is 1. The van der Waals surface area contributed by atoms with Crippen LogP contribution in [0.3, 0.4) is 0 Å². The summed E-state index contributed by atoms with van der Waals surface area (Å²) in [5.41, 5.74) is 1.12. The summed E-state index contributed by atoms with van der Waals surface area (Å²) < 4.78 is 32.3. The molecule has 0 unspecified atom stereocenters. The predicted octanol–water partition coefficient (Wildman–Crippen LogP) is 4.67. The summed E-state index contributed by atoms with van der Waals surface area (Å²) in [5.74, 6) is -0.633. The summed E-state index contributed by atoms with van der Waals surface area (Å²) in [6.45, 7) is 5.03. The van der Waals surface area contributed by atoms with Crippen LogP contribution in [-0.4, -0.2) is 56.6 Å². The highest BCUT2D eigenvalue weighted by Gasteiger charge is 2.35. The maximum Gasteiger partial charge on any atom is 0.244 e. The van der Waals surface area contributed by atoms with E-state index in [0.717, 1.165) is 16.1 Å². The Kier molecular flexibility index (Phi) is 10.2. The van der Waals surface area contributed by atoms with Gasteiger partial charge in [-0.25, -0.2) is 8.42 Å². The van der Waals surface area contributed by atoms with Crippen LogP contribution >= 0.6 is 11.6 Å². The maximum atomic E-state index is 14.1. The molecule has 1 N–H and O–H groups in total. The lowest BCUT2D eigenvalue weighted by Crippen LogP contribution is -2.56. The first kappa shape index (κ1) is 31.0. The van der Waals surface area contributed by atoms with Crippen LogP contribution in [0.25, 0.3) is 0 Å². The SMILES string of the molecule is COc1ccccc1N(CC(=O)N(Cc1ccccc1Cl)[C@@H](Cc1ccccc1)C(=O)NC(C)(C)C)S(C)(=O)=O. The van der Waals surface area contributed by atoms with Gasteiger partial charge in [0.15, 0.2) is 0 Å². The number of para-hydroxylation sites is 2. The average molecular weight is 586 g/mol. The van der Waals surface area contributed by atoms with Crippen molar-refractivity contribution in [1.82, 2.24) is 10.2 Å². The molecule has 0 aliphatic heterocycles. The number of amides is 2. The third kappa shape index (κ3) is 8.47. The lowest BCUT2D eigenvalue weighted by molar-refractivity contribution is -0.140. The molecule has 0 bridgehead atoms. The predicted molar refractivity (Wildman–Crippen MR) is 159 cm³/mol. The molecule has 1 atom stereocenters. The second-order valence-corrected chi connectivity index (χ2v) is 12.8. The molecule has 0 aliphatic rings. The molecule has 0 aromatic heterocycles.